The van der Waals surface area contributed by atoms with Gasteiger partial charge in [0.05, 0.1) is 0 Å². The summed E-state index contributed by atoms with van der Waals surface area (Å²) in [5.74, 6) is 0.874. The minimum Gasteiger partial charge on any atom is -0.448 e. The van der Waals surface area contributed by atoms with Gasteiger partial charge in [0.1, 0.15) is 6.61 Å². The monoisotopic (exact) mass is 453 g/mol. The highest BCUT2D eigenvalue weighted by Crippen LogP contribution is 2.45. The molecule has 2 unspecified atom stereocenters. The first-order chi connectivity index (χ1) is 14.3. The van der Waals surface area contributed by atoms with Crippen molar-refractivity contribution in [3.8, 4) is 11.1 Å². The van der Waals surface area contributed by atoms with Crippen LogP contribution in [-0.2, 0) is 4.74 Å². The Hall–Kier alpha value is -1.81. The molecular formula is C25H28BrNO2. The van der Waals surface area contributed by atoms with Gasteiger partial charge in [-0.15, -0.1) is 0 Å². The van der Waals surface area contributed by atoms with Crippen molar-refractivity contribution in [2.24, 2.45) is 5.92 Å². The minimum atomic E-state index is -0.0983. The third-order valence-corrected chi connectivity index (χ3v) is 7.59. The number of carbonyl (C=O) groups is 1. The molecule has 3 nitrogen and oxygen atoms in total. The molecule has 2 atom stereocenters. The van der Waals surface area contributed by atoms with Crippen LogP contribution in [0.2, 0.25) is 0 Å². The molecule has 2 bridgehead atoms. The summed E-state index contributed by atoms with van der Waals surface area (Å²) >= 11 is 3.59. The Morgan fingerprint density at radius 2 is 1.55 bits per heavy atom. The molecule has 29 heavy (non-hydrogen) atoms. The molecule has 0 saturated carbocycles. The summed E-state index contributed by atoms with van der Waals surface area (Å²) in [7, 11) is 0. The maximum Gasteiger partial charge on any atom is 0.410 e. The first-order valence-corrected chi connectivity index (χ1v) is 12.1. The highest BCUT2D eigenvalue weighted by Gasteiger charge is 2.41. The Balaban J connectivity index is 1.31. The number of hydrogen-bond acceptors (Lipinski definition) is 2. The van der Waals surface area contributed by atoms with Crippen LogP contribution in [0, 0.1) is 5.92 Å². The number of hydrogen-bond donors (Lipinski definition) is 0. The van der Waals surface area contributed by atoms with Gasteiger partial charge in [0.25, 0.3) is 0 Å². The number of nitrogens with zero attached hydrogens (tertiary/aromatic N) is 1. The molecule has 1 aliphatic carbocycles. The van der Waals surface area contributed by atoms with Crippen LogP contribution in [0.25, 0.3) is 11.1 Å². The fourth-order valence-corrected chi connectivity index (χ4v) is 6.50. The molecule has 2 saturated heterocycles. The number of benzene rings is 2. The fraction of sp³-hybridized carbons (Fsp3) is 0.480. The summed E-state index contributed by atoms with van der Waals surface area (Å²) in [5.41, 5.74) is 5.10. The number of alkyl halides is 1. The van der Waals surface area contributed by atoms with Crippen LogP contribution >= 0.6 is 15.9 Å². The maximum atomic E-state index is 13.2. The molecule has 0 aromatic heterocycles. The van der Waals surface area contributed by atoms with Crippen molar-refractivity contribution in [3.05, 3.63) is 59.7 Å². The van der Waals surface area contributed by atoms with Gasteiger partial charge < -0.3 is 9.64 Å². The van der Waals surface area contributed by atoms with Crippen LogP contribution < -0.4 is 0 Å². The Labute approximate surface area is 181 Å². The lowest BCUT2D eigenvalue weighted by Gasteiger charge is -2.48. The normalized spacial score (nSPS) is 25.4. The molecule has 0 radical (unpaired) electrons. The topological polar surface area (TPSA) is 29.5 Å². The summed E-state index contributed by atoms with van der Waals surface area (Å²) in [4.78, 5) is 15.2. The molecule has 2 fully saturated rings. The van der Waals surface area contributed by atoms with Crippen LogP contribution in [-0.4, -0.2) is 35.0 Å². The summed E-state index contributed by atoms with van der Waals surface area (Å²) in [6.07, 6.45) is 6.87. The van der Waals surface area contributed by atoms with Crippen molar-refractivity contribution in [1.82, 2.24) is 4.90 Å². The van der Waals surface area contributed by atoms with E-state index in [0.29, 0.717) is 18.7 Å². The molecule has 2 aromatic carbocycles. The molecule has 4 heteroatoms. The van der Waals surface area contributed by atoms with Crippen molar-refractivity contribution in [2.75, 3.05) is 11.9 Å². The van der Waals surface area contributed by atoms with Crippen molar-refractivity contribution < 1.29 is 9.53 Å². The number of piperidine rings is 2. The third-order valence-electron chi connectivity index (χ3n) is 7.14. The minimum absolute atomic E-state index is 0.0983. The molecule has 2 aromatic rings. The molecular weight excluding hydrogens is 426 g/mol. The lowest BCUT2D eigenvalue weighted by atomic mass is 9.77. The number of halogens is 1. The predicted octanol–water partition coefficient (Wildman–Crippen LogP) is 6.35. The lowest BCUT2D eigenvalue weighted by Crippen LogP contribution is -2.55. The number of amides is 1. The summed E-state index contributed by atoms with van der Waals surface area (Å²) in [6, 6.07) is 17.8. The quantitative estimate of drug-likeness (QED) is 0.504. The lowest BCUT2D eigenvalue weighted by molar-refractivity contribution is 0.00477. The van der Waals surface area contributed by atoms with Gasteiger partial charge in [-0.25, -0.2) is 4.79 Å². The maximum absolute atomic E-state index is 13.2. The first-order valence-electron chi connectivity index (χ1n) is 11.0. The van der Waals surface area contributed by atoms with E-state index >= 15 is 0 Å². The Kier molecular flexibility index (Phi) is 5.38. The summed E-state index contributed by atoms with van der Waals surface area (Å²) in [6.45, 7) is 0.424. The van der Waals surface area contributed by atoms with Crippen molar-refractivity contribution in [3.63, 3.8) is 0 Å². The Morgan fingerprint density at radius 3 is 2.14 bits per heavy atom. The van der Waals surface area contributed by atoms with E-state index in [9.17, 15) is 4.79 Å². The summed E-state index contributed by atoms with van der Waals surface area (Å²) in [5, 5.41) is 1.06. The van der Waals surface area contributed by atoms with Crippen LogP contribution in [0.3, 0.4) is 0 Å². The van der Waals surface area contributed by atoms with E-state index in [-0.39, 0.29) is 12.0 Å². The number of fused-ring (bicyclic) bond motifs is 5. The molecule has 0 N–H and O–H groups in total. The van der Waals surface area contributed by atoms with E-state index in [1.165, 1.54) is 35.1 Å². The van der Waals surface area contributed by atoms with Crippen LogP contribution in [0.5, 0.6) is 0 Å². The van der Waals surface area contributed by atoms with Gasteiger partial charge in [-0.2, -0.15) is 0 Å². The van der Waals surface area contributed by atoms with E-state index in [1.807, 2.05) is 0 Å². The van der Waals surface area contributed by atoms with E-state index in [1.54, 1.807) is 0 Å². The van der Waals surface area contributed by atoms with E-state index in [4.69, 9.17) is 4.74 Å². The van der Waals surface area contributed by atoms with Gasteiger partial charge in [-0.3, -0.25) is 0 Å². The number of ether oxygens (including phenoxy) is 1. The largest absolute Gasteiger partial charge is 0.448 e. The second-order valence-corrected chi connectivity index (χ2v) is 9.56. The molecule has 152 valence electrons. The number of rotatable bonds is 4. The molecule has 1 amide bonds. The van der Waals surface area contributed by atoms with Gasteiger partial charge in [-0.05, 0) is 66.7 Å². The van der Waals surface area contributed by atoms with Gasteiger partial charge in [0.15, 0.2) is 0 Å². The van der Waals surface area contributed by atoms with Crippen LogP contribution in [0.1, 0.15) is 55.6 Å². The second-order valence-electron chi connectivity index (χ2n) is 8.76. The fourth-order valence-electron chi connectivity index (χ4n) is 5.85. The second kappa shape index (κ2) is 8.14. The van der Waals surface area contributed by atoms with Crippen LogP contribution in [0.15, 0.2) is 48.5 Å². The van der Waals surface area contributed by atoms with E-state index < -0.39 is 0 Å². The van der Waals surface area contributed by atoms with Crippen molar-refractivity contribution >= 4 is 22.0 Å². The average Bonchev–Trinajstić information content (AvgIpc) is 3.05. The molecule has 3 aliphatic rings. The highest BCUT2D eigenvalue weighted by molar-refractivity contribution is 9.09. The third kappa shape index (κ3) is 3.50. The Bertz CT molecular complexity index is 838. The summed E-state index contributed by atoms with van der Waals surface area (Å²) < 4.78 is 5.99. The van der Waals surface area contributed by atoms with E-state index in [2.05, 4.69) is 69.4 Å². The molecule has 2 aliphatic heterocycles. The van der Waals surface area contributed by atoms with E-state index in [0.717, 1.165) is 36.9 Å². The van der Waals surface area contributed by atoms with Gasteiger partial charge in [0, 0.05) is 23.3 Å². The Morgan fingerprint density at radius 1 is 0.966 bits per heavy atom. The zero-order valence-corrected chi connectivity index (χ0v) is 18.3. The highest BCUT2D eigenvalue weighted by atomic mass is 79.9. The standard InChI is InChI=1S/C25H28BrNO2/c26-13-12-17-14-18-6-5-7-19(15-17)27(18)25(28)29-16-24-22-10-3-1-8-20(22)21-9-2-4-11-23(21)24/h1-4,8-11,17-19,24H,5-7,12-16H2. The number of carbonyl (C=O) groups excluding carboxylic acids is 1. The zero-order chi connectivity index (χ0) is 19.8. The predicted molar refractivity (Wildman–Crippen MR) is 119 cm³/mol. The van der Waals surface area contributed by atoms with Gasteiger partial charge >= 0.3 is 6.09 Å². The molecule has 0 spiro atoms. The molecule has 2 heterocycles. The zero-order valence-electron chi connectivity index (χ0n) is 16.7. The molecule has 5 rings (SSSR count). The van der Waals surface area contributed by atoms with Gasteiger partial charge in [0.2, 0.25) is 0 Å². The SMILES string of the molecule is O=C(OCC1c2ccccc2-c2ccccc21)N1C2CCCC1CC(CCBr)C2. The first kappa shape index (κ1) is 19.2. The van der Waals surface area contributed by atoms with Crippen molar-refractivity contribution in [2.45, 2.75) is 56.5 Å². The van der Waals surface area contributed by atoms with Gasteiger partial charge in [-0.1, -0.05) is 64.5 Å². The van der Waals surface area contributed by atoms with Crippen molar-refractivity contribution in [1.29, 1.82) is 0 Å². The van der Waals surface area contributed by atoms with Crippen LogP contribution in [0.4, 0.5) is 4.79 Å². The average molecular weight is 454 g/mol. The smallest absolute Gasteiger partial charge is 0.410 e.